The van der Waals surface area contributed by atoms with Crippen molar-refractivity contribution in [3.8, 4) is 11.1 Å². The normalized spacial score (nSPS) is 16.4. The maximum atomic E-state index is 14.9. The second-order valence-corrected chi connectivity index (χ2v) is 10.3. The van der Waals surface area contributed by atoms with Crippen LogP contribution in [0.2, 0.25) is 0 Å². The minimum Gasteiger partial charge on any atom is -0.460 e. The first-order chi connectivity index (χ1) is 20.1. The van der Waals surface area contributed by atoms with Gasteiger partial charge in [-0.05, 0) is 86.2 Å². The van der Waals surface area contributed by atoms with Gasteiger partial charge < -0.3 is 14.8 Å². The summed E-state index contributed by atoms with van der Waals surface area (Å²) in [6.45, 7) is 3.39. The summed E-state index contributed by atoms with van der Waals surface area (Å²) in [7, 11) is 1.67. The lowest BCUT2D eigenvalue weighted by molar-refractivity contribution is -0.114. The van der Waals surface area contributed by atoms with Crippen LogP contribution in [-0.4, -0.2) is 36.6 Å². The predicted molar refractivity (Wildman–Crippen MR) is 158 cm³/mol. The van der Waals surface area contributed by atoms with E-state index in [1.165, 1.54) is 30.6 Å². The lowest BCUT2D eigenvalue weighted by Gasteiger charge is -2.25. The number of methoxy groups -OCH3 is 1. The molecule has 1 aliphatic carbocycles. The highest BCUT2D eigenvalue weighted by Crippen LogP contribution is 2.62. The van der Waals surface area contributed by atoms with Gasteiger partial charge in [-0.2, -0.15) is 0 Å². The van der Waals surface area contributed by atoms with Gasteiger partial charge in [0.05, 0.1) is 5.41 Å². The number of nitrogens with zero attached hydrogens (tertiary/aromatic N) is 2. The van der Waals surface area contributed by atoms with E-state index in [1.807, 2.05) is 19.1 Å². The van der Waals surface area contributed by atoms with E-state index in [2.05, 4.69) is 21.0 Å². The zero-order valence-corrected chi connectivity index (χ0v) is 23.9. The fourth-order valence-corrected chi connectivity index (χ4v) is 4.56. The molecule has 2 heterocycles. The molecule has 2 aliphatic rings. The molecule has 9 heteroatoms. The van der Waals surface area contributed by atoms with Crippen LogP contribution in [0.5, 0.6) is 0 Å². The molecule has 0 atom stereocenters. The Morgan fingerprint density at radius 1 is 1.26 bits per heavy atom. The van der Waals surface area contributed by atoms with Crippen molar-refractivity contribution in [2.24, 2.45) is 10.4 Å². The fraction of sp³-hybridized carbons (Fsp3) is 0.333. The van der Waals surface area contributed by atoms with Gasteiger partial charge in [-0.25, -0.2) is 23.1 Å². The maximum absolute atomic E-state index is 14.9. The van der Waals surface area contributed by atoms with Gasteiger partial charge in [0.1, 0.15) is 29.5 Å². The molecule has 0 saturated heterocycles. The summed E-state index contributed by atoms with van der Waals surface area (Å²) in [6, 6.07) is 8.30. The molecule has 1 saturated carbocycles. The number of unbranched alkanes of at least 4 members (excludes halogenated alkanes) is 1. The van der Waals surface area contributed by atoms with E-state index in [0.717, 1.165) is 19.8 Å². The minimum absolute atomic E-state index is 0.151. The van der Waals surface area contributed by atoms with Crippen molar-refractivity contribution in [2.45, 2.75) is 51.9 Å². The van der Waals surface area contributed by atoms with Crippen LogP contribution in [0.15, 0.2) is 95.0 Å². The number of nitrogens with one attached hydrogen (secondary N) is 1. The molecule has 0 bridgehead atoms. The lowest BCUT2D eigenvalue weighted by Crippen LogP contribution is -2.29. The molecule has 1 fully saturated rings. The number of carbonyl (C=O) groups is 1. The van der Waals surface area contributed by atoms with Crippen LogP contribution in [0, 0.1) is 11.2 Å². The second-order valence-electron chi connectivity index (χ2n) is 10.3. The van der Waals surface area contributed by atoms with Crippen molar-refractivity contribution >= 4 is 17.8 Å². The first kappa shape index (κ1) is 30.8. The van der Waals surface area contributed by atoms with Crippen molar-refractivity contribution in [2.75, 3.05) is 19.0 Å². The molecular formula is C33H34F3N3O3. The SMILES string of the molecule is C/C=N\C(=C/CCCOC)Nc1ccc(-c2ccc(CC(=O)/C=C/C3=C=COC(C4(C(C)(F)F)CC4)=C3)c(F)c2)cn1. The number of hydrogen-bond acceptors (Lipinski definition) is 6. The zero-order chi connectivity index (χ0) is 30.2. The van der Waals surface area contributed by atoms with Crippen LogP contribution in [-0.2, 0) is 20.7 Å². The molecule has 0 spiro atoms. The smallest absolute Gasteiger partial charge is 0.257 e. The number of halogens is 3. The fourth-order valence-electron chi connectivity index (χ4n) is 4.56. The van der Waals surface area contributed by atoms with Gasteiger partial charge in [-0.15, -0.1) is 0 Å². The Morgan fingerprint density at radius 3 is 2.69 bits per heavy atom. The quantitative estimate of drug-likeness (QED) is 0.108. The number of alkyl halides is 2. The van der Waals surface area contributed by atoms with Crippen LogP contribution in [0.25, 0.3) is 11.1 Å². The van der Waals surface area contributed by atoms with Crippen LogP contribution < -0.4 is 5.32 Å². The summed E-state index contributed by atoms with van der Waals surface area (Å²) in [4.78, 5) is 21.3. The number of carbonyl (C=O) groups excluding carboxylic acids is 1. The number of ketones is 1. The first-order valence-electron chi connectivity index (χ1n) is 13.8. The third-order valence-electron chi connectivity index (χ3n) is 7.14. The molecule has 220 valence electrons. The third kappa shape index (κ3) is 7.75. The molecule has 0 radical (unpaired) electrons. The Morgan fingerprint density at radius 2 is 2.05 bits per heavy atom. The average Bonchev–Trinajstić information content (AvgIpc) is 3.79. The van der Waals surface area contributed by atoms with E-state index in [4.69, 9.17) is 9.47 Å². The minimum atomic E-state index is -2.91. The van der Waals surface area contributed by atoms with Crippen molar-refractivity contribution < 1.29 is 27.4 Å². The Labute approximate surface area is 244 Å². The maximum Gasteiger partial charge on any atom is 0.257 e. The van der Waals surface area contributed by atoms with Crippen molar-refractivity contribution in [3.05, 3.63) is 101 Å². The summed E-state index contributed by atoms with van der Waals surface area (Å²) in [5, 5.41) is 3.17. The van der Waals surface area contributed by atoms with Gasteiger partial charge in [0, 0.05) is 50.6 Å². The number of allylic oxidation sites excluding steroid dienone is 6. The molecule has 0 amide bonds. The van der Waals surface area contributed by atoms with Crippen molar-refractivity contribution in [1.29, 1.82) is 0 Å². The molecule has 2 aromatic rings. The molecule has 1 N–H and O–H groups in total. The number of ether oxygens (including phenoxy) is 2. The Hall–Kier alpha value is -4.20. The molecule has 1 aromatic carbocycles. The molecule has 6 nitrogen and oxygen atoms in total. The average molecular weight is 578 g/mol. The van der Waals surface area contributed by atoms with Crippen LogP contribution in [0.1, 0.15) is 45.1 Å². The van der Waals surface area contributed by atoms with Crippen LogP contribution in [0.4, 0.5) is 19.0 Å². The van der Waals surface area contributed by atoms with Gasteiger partial charge in [0.25, 0.3) is 5.92 Å². The van der Waals surface area contributed by atoms with Gasteiger partial charge in [-0.1, -0.05) is 17.9 Å². The summed E-state index contributed by atoms with van der Waals surface area (Å²) in [5.41, 5.74) is 3.52. The highest BCUT2D eigenvalue weighted by atomic mass is 19.3. The van der Waals surface area contributed by atoms with Crippen LogP contribution >= 0.6 is 0 Å². The van der Waals surface area contributed by atoms with Gasteiger partial charge in [0.15, 0.2) is 5.78 Å². The number of rotatable bonds is 14. The molecule has 42 heavy (non-hydrogen) atoms. The van der Waals surface area contributed by atoms with Gasteiger partial charge in [-0.3, -0.25) is 4.79 Å². The standard InChI is InChI=1S/C33H34F3N3O3/c1-4-37-30(7-5-6-17-41-3)39-31-13-11-26(22-38-31)24-9-10-25(28(34)21-24)20-27(40)12-8-23-14-18-42-29(19-23)33(15-16-33)32(2,35)36/h4,7-13,18-19,21-22H,5-6,15-17,20H2,1-3H3,(H,38,39)/b12-8+,30-7+,37-4-. The Bertz CT molecular complexity index is 1470. The van der Waals surface area contributed by atoms with E-state index >= 15 is 0 Å². The Kier molecular flexibility index (Phi) is 9.99. The summed E-state index contributed by atoms with van der Waals surface area (Å²) in [6.07, 6.45) is 13.0. The summed E-state index contributed by atoms with van der Waals surface area (Å²) in [5.74, 6) is -2.31. The number of aromatic nitrogens is 1. The number of aliphatic imine (C=N–C) groups is 1. The third-order valence-corrected chi connectivity index (χ3v) is 7.14. The molecular weight excluding hydrogens is 543 g/mol. The second kappa shape index (κ2) is 13.6. The van der Waals surface area contributed by atoms with Crippen LogP contribution in [0.3, 0.4) is 0 Å². The Balaban J connectivity index is 1.37. The zero-order valence-electron chi connectivity index (χ0n) is 23.9. The number of pyridine rings is 1. The van der Waals surface area contributed by atoms with E-state index < -0.39 is 17.2 Å². The molecule has 0 unspecified atom stereocenters. The molecule has 1 aromatic heterocycles. The van der Waals surface area contributed by atoms with E-state index in [1.54, 1.807) is 37.7 Å². The highest BCUT2D eigenvalue weighted by Gasteiger charge is 2.63. The molecule has 1 aliphatic heterocycles. The lowest BCUT2D eigenvalue weighted by atomic mass is 9.94. The number of anilines is 1. The number of hydrogen-bond donors (Lipinski definition) is 1. The topological polar surface area (TPSA) is 72.8 Å². The number of benzene rings is 1. The van der Waals surface area contributed by atoms with E-state index in [0.29, 0.717) is 47.8 Å². The summed E-state index contributed by atoms with van der Waals surface area (Å²) >= 11 is 0. The summed E-state index contributed by atoms with van der Waals surface area (Å²) < 4.78 is 53.5. The van der Waals surface area contributed by atoms with E-state index in [9.17, 15) is 18.0 Å². The molecule has 4 rings (SSSR count). The van der Waals surface area contributed by atoms with Crippen molar-refractivity contribution in [3.63, 3.8) is 0 Å². The largest absolute Gasteiger partial charge is 0.460 e. The highest BCUT2D eigenvalue weighted by molar-refractivity contribution is 5.92. The predicted octanol–water partition coefficient (Wildman–Crippen LogP) is 7.71. The monoisotopic (exact) mass is 577 g/mol. The van der Waals surface area contributed by atoms with Gasteiger partial charge >= 0.3 is 0 Å². The van der Waals surface area contributed by atoms with Crippen molar-refractivity contribution in [1.82, 2.24) is 4.98 Å². The first-order valence-corrected chi connectivity index (χ1v) is 13.8. The van der Waals surface area contributed by atoms with Gasteiger partial charge in [0.2, 0.25) is 0 Å². The van der Waals surface area contributed by atoms with E-state index in [-0.39, 0.29) is 23.5 Å².